The molecular weight excluding hydrogens is 483 g/mol. The highest BCUT2D eigenvalue weighted by molar-refractivity contribution is 7.98. The lowest BCUT2D eigenvalue weighted by Crippen LogP contribution is -2.16. The largest absolute Gasteiger partial charge is 0.308 e. The smallest absolute Gasteiger partial charge is 0.291 e. The van der Waals surface area contributed by atoms with E-state index in [0.717, 1.165) is 26.6 Å². The number of rotatable bonds is 6. The summed E-state index contributed by atoms with van der Waals surface area (Å²) in [7, 11) is 0. The van der Waals surface area contributed by atoms with Crippen LogP contribution in [0.15, 0.2) is 82.7 Å². The van der Waals surface area contributed by atoms with Crippen LogP contribution in [0.3, 0.4) is 0 Å². The molecule has 0 spiro atoms. The molecule has 5 rings (SSSR count). The first-order chi connectivity index (χ1) is 15.6. The van der Waals surface area contributed by atoms with Crippen LogP contribution in [0.5, 0.6) is 0 Å². The van der Waals surface area contributed by atoms with Crippen LogP contribution in [0.25, 0.3) is 15.9 Å². The van der Waals surface area contributed by atoms with Crippen molar-refractivity contribution in [2.75, 3.05) is 0 Å². The number of benzene rings is 3. The highest BCUT2D eigenvalue weighted by Gasteiger charge is 2.18. The summed E-state index contributed by atoms with van der Waals surface area (Å²) in [6, 6.07) is 23.0. The van der Waals surface area contributed by atoms with E-state index in [4.69, 9.17) is 23.2 Å². The van der Waals surface area contributed by atoms with Gasteiger partial charge in [0.2, 0.25) is 0 Å². The number of nitrogens with zero attached hydrogens (tertiary/aromatic N) is 4. The van der Waals surface area contributed by atoms with Gasteiger partial charge in [-0.3, -0.25) is 13.9 Å². The van der Waals surface area contributed by atoms with Crippen LogP contribution in [0.2, 0.25) is 10.0 Å². The Morgan fingerprint density at radius 2 is 1.72 bits per heavy atom. The predicted molar refractivity (Wildman–Crippen MR) is 133 cm³/mol. The van der Waals surface area contributed by atoms with Crippen LogP contribution in [0, 0.1) is 0 Å². The van der Waals surface area contributed by atoms with Gasteiger partial charge in [-0.2, -0.15) is 0 Å². The third-order valence-corrected chi connectivity index (χ3v) is 7.37. The fourth-order valence-corrected chi connectivity index (χ4v) is 5.53. The zero-order valence-electron chi connectivity index (χ0n) is 16.6. The number of para-hydroxylation sites is 1. The summed E-state index contributed by atoms with van der Waals surface area (Å²) in [5, 5.41) is 10.9. The van der Waals surface area contributed by atoms with Gasteiger partial charge in [-0.1, -0.05) is 76.6 Å². The zero-order valence-corrected chi connectivity index (χ0v) is 19.8. The van der Waals surface area contributed by atoms with E-state index in [1.807, 2.05) is 77.4 Å². The van der Waals surface area contributed by atoms with Crippen molar-refractivity contribution in [1.29, 1.82) is 0 Å². The van der Waals surface area contributed by atoms with E-state index >= 15 is 0 Å². The topological polar surface area (TPSA) is 52.7 Å². The summed E-state index contributed by atoms with van der Waals surface area (Å²) in [4.78, 5) is 12.7. The van der Waals surface area contributed by atoms with Gasteiger partial charge in [0.05, 0.1) is 22.4 Å². The van der Waals surface area contributed by atoms with Gasteiger partial charge >= 0.3 is 4.87 Å². The summed E-state index contributed by atoms with van der Waals surface area (Å²) in [5.41, 5.74) is 2.86. The summed E-state index contributed by atoms with van der Waals surface area (Å²) in [6.45, 7) is 0.309. The number of thiazole rings is 1. The maximum atomic E-state index is 12.7. The van der Waals surface area contributed by atoms with E-state index in [-0.39, 0.29) is 4.87 Å². The van der Waals surface area contributed by atoms with E-state index in [1.165, 1.54) is 11.3 Å². The van der Waals surface area contributed by atoms with Crippen molar-refractivity contribution in [3.63, 3.8) is 0 Å². The maximum Gasteiger partial charge on any atom is 0.308 e. The number of hydrogen-bond acceptors (Lipinski definition) is 5. The van der Waals surface area contributed by atoms with Crippen LogP contribution >= 0.6 is 46.3 Å². The van der Waals surface area contributed by atoms with E-state index < -0.39 is 0 Å². The van der Waals surface area contributed by atoms with Crippen molar-refractivity contribution in [1.82, 2.24) is 19.3 Å². The molecule has 0 saturated carbocycles. The van der Waals surface area contributed by atoms with E-state index in [9.17, 15) is 4.79 Å². The van der Waals surface area contributed by atoms with Crippen LogP contribution in [-0.4, -0.2) is 19.3 Å². The second kappa shape index (κ2) is 9.11. The molecule has 0 fully saturated rings. The standard InChI is InChI=1S/C23H16Cl2N4OS2/c24-16-10-8-15(9-11-16)14-31-22-27-26-21(29(22)18-5-3-4-17(25)12-18)13-28-19-6-1-2-7-20(19)32-23(28)30/h1-12H,13-14H2. The predicted octanol–water partition coefficient (Wildman–Crippen LogP) is 6.29. The van der Waals surface area contributed by atoms with Gasteiger partial charge in [0.25, 0.3) is 0 Å². The lowest BCUT2D eigenvalue weighted by atomic mass is 10.2. The Kier molecular flexibility index (Phi) is 6.06. The highest BCUT2D eigenvalue weighted by Crippen LogP contribution is 2.28. The van der Waals surface area contributed by atoms with Crippen LogP contribution in [0.1, 0.15) is 11.4 Å². The lowest BCUT2D eigenvalue weighted by molar-refractivity contribution is 0.726. The Hall–Kier alpha value is -2.58. The third-order valence-electron chi connectivity index (χ3n) is 4.92. The first kappa shape index (κ1) is 21.3. The zero-order chi connectivity index (χ0) is 22.1. The van der Waals surface area contributed by atoms with Crippen LogP contribution in [0.4, 0.5) is 0 Å². The van der Waals surface area contributed by atoms with Gasteiger partial charge in [-0.15, -0.1) is 10.2 Å². The van der Waals surface area contributed by atoms with E-state index in [1.54, 1.807) is 16.3 Å². The SMILES string of the molecule is O=c1sc2ccccc2n1Cc1nnc(SCc2ccc(Cl)cc2)n1-c1cccc(Cl)c1. The molecule has 32 heavy (non-hydrogen) atoms. The Morgan fingerprint density at radius 3 is 2.53 bits per heavy atom. The molecule has 0 saturated heterocycles. The molecule has 0 aliphatic rings. The lowest BCUT2D eigenvalue weighted by Gasteiger charge is -2.11. The van der Waals surface area contributed by atoms with Crippen molar-refractivity contribution in [2.24, 2.45) is 0 Å². The Balaban J connectivity index is 1.54. The van der Waals surface area contributed by atoms with Crippen molar-refractivity contribution in [2.45, 2.75) is 17.5 Å². The first-order valence-electron chi connectivity index (χ1n) is 9.74. The minimum Gasteiger partial charge on any atom is -0.291 e. The maximum absolute atomic E-state index is 12.7. The summed E-state index contributed by atoms with van der Waals surface area (Å²) in [5.74, 6) is 1.37. The van der Waals surface area contributed by atoms with Gasteiger partial charge in [0, 0.05) is 15.8 Å². The molecule has 0 aliphatic carbocycles. The number of thioether (sulfide) groups is 1. The Bertz CT molecular complexity index is 1460. The van der Waals surface area contributed by atoms with Gasteiger partial charge in [-0.25, -0.2) is 0 Å². The van der Waals surface area contributed by atoms with Gasteiger partial charge < -0.3 is 0 Å². The van der Waals surface area contributed by atoms with Crippen molar-refractivity contribution >= 4 is 56.5 Å². The molecule has 5 nitrogen and oxygen atoms in total. The second-order valence-corrected chi connectivity index (χ2v) is 9.86. The van der Waals surface area contributed by atoms with Crippen LogP contribution < -0.4 is 4.87 Å². The third kappa shape index (κ3) is 4.34. The molecule has 2 heterocycles. The minimum atomic E-state index is -0.0257. The quantitative estimate of drug-likeness (QED) is 0.258. The van der Waals surface area contributed by atoms with Gasteiger partial charge in [-0.05, 0) is 48.0 Å². The van der Waals surface area contributed by atoms with Gasteiger partial charge in [0.15, 0.2) is 11.0 Å². The molecule has 0 aliphatic heterocycles. The summed E-state index contributed by atoms with van der Waals surface area (Å²) >= 11 is 15.1. The minimum absolute atomic E-state index is 0.0257. The molecule has 9 heteroatoms. The molecule has 0 atom stereocenters. The normalized spacial score (nSPS) is 11.3. The average Bonchev–Trinajstić information content (AvgIpc) is 3.34. The molecule has 0 bridgehead atoms. The fourth-order valence-electron chi connectivity index (χ4n) is 3.40. The van der Waals surface area contributed by atoms with E-state index in [2.05, 4.69) is 10.2 Å². The number of halogens is 2. The molecular formula is C23H16Cl2N4OS2. The van der Waals surface area contributed by atoms with Gasteiger partial charge in [0.1, 0.15) is 0 Å². The highest BCUT2D eigenvalue weighted by atomic mass is 35.5. The Morgan fingerprint density at radius 1 is 0.906 bits per heavy atom. The average molecular weight is 499 g/mol. The summed E-state index contributed by atoms with van der Waals surface area (Å²) in [6.07, 6.45) is 0. The molecule has 160 valence electrons. The molecule has 0 radical (unpaired) electrons. The monoisotopic (exact) mass is 498 g/mol. The first-order valence-corrected chi connectivity index (χ1v) is 12.3. The number of fused-ring (bicyclic) bond motifs is 1. The van der Waals surface area contributed by atoms with E-state index in [0.29, 0.717) is 28.2 Å². The molecule has 0 N–H and O–H groups in total. The number of aromatic nitrogens is 4. The van der Waals surface area contributed by atoms with Crippen molar-refractivity contribution < 1.29 is 0 Å². The summed E-state index contributed by atoms with van der Waals surface area (Å²) < 4.78 is 4.65. The second-order valence-electron chi connectivity index (χ2n) is 7.05. The van der Waals surface area contributed by atoms with Crippen molar-refractivity contribution in [3.8, 4) is 5.69 Å². The number of hydrogen-bond donors (Lipinski definition) is 0. The molecule has 0 unspecified atom stereocenters. The Labute approximate surface area is 202 Å². The molecule has 2 aromatic heterocycles. The van der Waals surface area contributed by atoms with Crippen LogP contribution in [-0.2, 0) is 12.3 Å². The fraction of sp³-hybridized carbons (Fsp3) is 0.0870. The molecule has 5 aromatic rings. The van der Waals surface area contributed by atoms with Crippen molar-refractivity contribution in [3.05, 3.63) is 104 Å². The molecule has 3 aromatic carbocycles. The molecule has 0 amide bonds.